The summed E-state index contributed by atoms with van der Waals surface area (Å²) in [5, 5.41) is 10.7. The minimum absolute atomic E-state index is 0.214. The standard InChI is InChI=1S/C21H29N7O/c1-14-8-11-20(15(2)25-14)28-13-19(26-27-28)21(29)24-12-17(22)9-10-18(23)16-6-4-3-5-7-16/h8-11,13,16H,3-7,12,22-23H2,1-2H3,(H,24,29)/b17-9-,18-10-. The molecule has 1 saturated carbocycles. The number of amides is 1. The molecule has 1 fully saturated rings. The zero-order valence-electron chi connectivity index (χ0n) is 17.1. The van der Waals surface area contributed by atoms with Gasteiger partial charge in [-0.3, -0.25) is 9.78 Å². The Kier molecular flexibility index (Phi) is 6.64. The summed E-state index contributed by atoms with van der Waals surface area (Å²) in [6.07, 6.45) is 11.2. The van der Waals surface area contributed by atoms with Crippen LogP contribution in [0.2, 0.25) is 0 Å². The number of aromatic nitrogens is 4. The van der Waals surface area contributed by atoms with Gasteiger partial charge in [0.05, 0.1) is 24.1 Å². The third-order valence-electron chi connectivity index (χ3n) is 5.19. The van der Waals surface area contributed by atoms with E-state index in [1.807, 2.05) is 32.1 Å². The number of nitrogens with one attached hydrogen (secondary N) is 1. The number of carbonyl (C=O) groups excluding carboxylic acids is 1. The Morgan fingerprint density at radius 2 is 1.97 bits per heavy atom. The second-order valence-corrected chi connectivity index (χ2v) is 7.53. The molecule has 3 rings (SSSR count). The molecule has 2 aromatic rings. The Labute approximate surface area is 171 Å². The van der Waals surface area contributed by atoms with Crippen LogP contribution in [0.15, 0.2) is 41.9 Å². The molecular weight excluding hydrogens is 366 g/mol. The molecule has 8 nitrogen and oxygen atoms in total. The number of rotatable bonds is 6. The van der Waals surface area contributed by atoms with E-state index in [2.05, 4.69) is 20.6 Å². The van der Waals surface area contributed by atoms with E-state index in [0.29, 0.717) is 11.6 Å². The van der Waals surface area contributed by atoms with Crippen LogP contribution in [0.5, 0.6) is 0 Å². The molecule has 0 aliphatic heterocycles. The first-order chi connectivity index (χ1) is 13.9. The maximum absolute atomic E-state index is 12.4. The van der Waals surface area contributed by atoms with E-state index < -0.39 is 0 Å². The van der Waals surface area contributed by atoms with Crippen molar-refractivity contribution in [1.82, 2.24) is 25.3 Å². The minimum atomic E-state index is -0.338. The first-order valence-corrected chi connectivity index (χ1v) is 10.0. The van der Waals surface area contributed by atoms with Gasteiger partial charge in [0.1, 0.15) is 0 Å². The van der Waals surface area contributed by atoms with Gasteiger partial charge < -0.3 is 16.8 Å². The van der Waals surface area contributed by atoms with Crippen molar-refractivity contribution < 1.29 is 4.79 Å². The lowest BCUT2D eigenvalue weighted by molar-refractivity contribution is 0.0952. The van der Waals surface area contributed by atoms with Gasteiger partial charge in [-0.05, 0) is 56.9 Å². The number of allylic oxidation sites excluding steroid dienone is 3. The van der Waals surface area contributed by atoms with Crippen LogP contribution < -0.4 is 16.8 Å². The Morgan fingerprint density at radius 3 is 2.69 bits per heavy atom. The molecule has 8 heteroatoms. The largest absolute Gasteiger partial charge is 0.402 e. The maximum Gasteiger partial charge on any atom is 0.273 e. The summed E-state index contributed by atoms with van der Waals surface area (Å²) in [6, 6.07) is 3.79. The number of aryl methyl sites for hydroxylation is 2. The predicted octanol–water partition coefficient (Wildman–Crippen LogP) is 2.27. The van der Waals surface area contributed by atoms with Crippen LogP contribution in [-0.4, -0.2) is 32.4 Å². The third kappa shape index (κ3) is 5.43. The van der Waals surface area contributed by atoms with Crippen molar-refractivity contribution in [3.05, 3.63) is 59.0 Å². The van der Waals surface area contributed by atoms with Crippen molar-refractivity contribution in [1.29, 1.82) is 0 Å². The topological polar surface area (TPSA) is 125 Å². The summed E-state index contributed by atoms with van der Waals surface area (Å²) in [7, 11) is 0. The SMILES string of the molecule is Cc1ccc(-n2cc(C(=O)NC/C(N)=C/C=C(\N)C3CCCCC3)nn2)c(C)n1. The van der Waals surface area contributed by atoms with Crippen LogP contribution in [0.1, 0.15) is 54.0 Å². The van der Waals surface area contributed by atoms with E-state index in [1.165, 1.54) is 19.3 Å². The lowest BCUT2D eigenvalue weighted by Crippen LogP contribution is -2.28. The lowest BCUT2D eigenvalue weighted by atomic mass is 9.87. The fourth-order valence-electron chi connectivity index (χ4n) is 3.51. The lowest BCUT2D eigenvalue weighted by Gasteiger charge is -2.21. The van der Waals surface area contributed by atoms with Crippen LogP contribution in [0.3, 0.4) is 0 Å². The van der Waals surface area contributed by atoms with Crippen molar-refractivity contribution in [2.45, 2.75) is 46.0 Å². The molecule has 5 N–H and O–H groups in total. The van der Waals surface area contributed by atoms with Crippen LogP contribution >= 0.6 is 0 Å². The van der Waals surface area contributed by atoms with Gasteiger partial charge in [-0.2, -0.15) is 0 Å². The zero-order valence-corrected chi connectivity index (χ0v) is 17.1. The molecule has 0 aromatic carbocycles. The smallest absolute Gasteiger partial charge is 0.273 e. The van der Waals surface area contributed by atoms with Gasteiger partial charge in [0, 0.05) is 17.1 Å². The fourth-order valence-corrected chi connectivity index (χ4v) is 3.51. The number of carbonyl (C=O) groups is 1. The van der Waals surface area contributed by atoms with Crippen molar-refractivity contribution in [2.24, 2.45) is 17.4 Å². The molecule has 0 bridgehead atoms. The van der Waals surface area contributed by atoms with E-state index in [0.717, 1.165) is 35.6 Å². The number of nitrogens with two attached hydrogens (primary N) is 2. The molecule has 2 heterocycles. The van der Waals surface area contributed by atoms with Gasteiger partial charge in [0.25, 0.3) is 5.91 Å². The summed E-state index contributed by atoms with van der Waals surface area (Å²) in [5.74, 6) is 0.103. The van der Waals surface area contributed by atoms with Gasteiger partial charge in [-0.25, -0.2) is 4.68 Å². The monoisotopic (exact) mass is 395 g/mol. The van der Waals surface area contributed by atoms with Crippen LogP contribution in [0, 0.1) is 19.8 Å². The molecule has 0 unspecified atom stereocenters. The van der Waals surface area contributed by atoms with Crippen molar-refractivity contribution in [3.63, 3.8) is 0 Å². The van der Waals surface area contributed by atoms with Gasteiger partial charge in [-0.1, -0.05) is 24.5 Å². The molecule has 0 radical (unpaired) electrons. The highest BCUT2D eigenvalue weighted by atomic mass is 16.2. The molecule has 1 amide bonds. The second kappa shape index (κ2) is 9.36. The fraction of sp³-hybridized carbons (Fsp3) is 0.429. The summed E-state index contributed by atoms with van der Waals surface area (Å²) >= 11 is 0. The molecule has 29 heavy (non-hydrogen) atoms. The van der Waals surface area contributed by atoms with E-state index in [9.17, 15) is 4.79 Å². The first kappa shape index (κ1) is 20.6. The van der Waals surface area contributed by atoms with Gasteiger partial charge in [0.2, 0.25) is 0 Å². The second-order valence-electron chi connectivity index (χ2n) is 7.53. The molecule has 1 aliphatic rings. The number of nitrogens with zero attached hydrogens (tertiary/aromatic N) is 4. The summed E-state index contributed by atoms with van der Waals surface area (Å²) in [5.41, 5.74) is 16.3. The van der Waals surface area contributed by atoms with Crippen LogP contribution in [0.25, 0.3) is 5.69 Å². The Hall–Kier alpha value is -3.16. The molecular formula is C21H29N7O. The highest BCUT2D eigenvalue weighted by molar-refractivity contribution is 5.92. The molecule has 0 atom stereocenters. The minimum Gasteiger partial charge on any atom is -0.402 e. The van der Waals surface area contributed by atoms with Crippen LogP contribution in [0.4, 0.5) is 0 Å². The maximum atomic E-state index is 12.4. The van der Waals surface area contributed by atoms with E-state index in [1.54, 1.807) is 17.0 Å². The van der Waals surface area contributed by atoms with Crippen molar-refractivity contribution >= 4 is 5.91 Å². The normalized spacial score (nSPS) is 16.1. The Balaban J connectivity index is 1.57. The average Bonchev–Trinajstić information content (AvgIpc) is 3.20. The third-order valence-corrected chi connectivity index (χ3v) is 5.19. The molecule has 154 valence electrons. The molecule has 0 spiro atoms. The highest BCUT2D eigenvalue weighted by Crippen LogP contribution is 2.27. The van der Waals surface area contributed by atoms with Gasteiger partial charge >= 0.3 is 0 Å². The number of hydrogen-bond donors (Lipinski definition) is 3. The van der Waals surface area contributed by atoms with Gasteiger partial charge in [-0.15, -0.1) is 5.10 Å². The quantitative estimate of drug-likeness (QED) is 0.645. The van der Waals surface area contributed by atoms with Crippen molar-refractivity contribution in [2.75, 3.05) is 6.54 Å². The average molecular weight is 396 g/mol. The summed E-state index contributed by atoms with van der Waals surface area (Å²) < 4.78 is 1.55. The van der Waals surface area contributed by atoms with Gasteiger partial charge in [0.15, 0.2) is 5.69 Å². The molecule has 2 aromatic heterocycles. The summed E-state index contributed by atoms with van der Waals surface area (Å²) in [6.45, 7) is 4.03. The van der Waals surface area contributed by atoms with E-state index >= 15 is 0 Å². The van der Waals surface area contributed by atoms with E-state index in [4.69, 9.17) is 11.5 Å². The molecule has 0 saturated heterocycles. The molecule has 1 aliphatic carbocycles. The highest BCUT2D eigenvalue weighted by Gasteiger charge is 2.15. The Morgan fingerprint density at radius 1 is 1.21 bits per heavy atom. The first-order valence-electron chi connectivity index (χ1n) is 10.0. The zero-order chi connectivity index (χ0) is 20.8. The van der Waals surface area contributed by atoms with Crippen LogP contribution in [-0.2, 0) is 0 Å². The number of pyridine rings is 1. The Bertz CT molecular complexity index is 923. The summed E-state index contributed by atoms with van der Waals surface area (Å²) in [4.78, 5) is 16.8. The van der Waals surface area contributed by atoms with E-state index in [-0.39, 0.29) is 18.1 Å². The number of hydrogen-bond acceptors (Lipinski definition) is 6. The predicted molar refractivity (Wildman–Crippen MR) is 112 cm³/mol. The van der Waals surface area contributed by atoms with Crippen molar-refractivity contribution in [3.8, 4) is 5.69 Å².